The Balaban J connectivity index is 1.36. The van der Waals surface area contributed by atoms with Crippen LogP contribution in [0.25, 0.3) is 39.5 Å². The maximum Gasteiger partial charge on any atom is 0.361 e. The Morgan fingerprint density at radius 1 is 0.765 bits per heavy atom. The summed E-state index contributed by atoms with van der Waals surface area (Å²) in [4.78, 5) is 17.3. The van der Waals surface area contributed by atoms with Gasteiger partial charge in [0.1, 0.15) is 17.2 Å². The summed E-state index contributed by atoms with van der Waals surface area (Å²) < 4.78 is 9.14. The molecule has 2 aromatic heterocycles. The fourth-order valence-corrected chi connectivity index (χ4v) is 7.49. The van der Waals surface area contributed by atoms with Gasteiger partial charge in [0.15, 0.2) is 11.7 Å². The first-order chi connectivity index (χ1) is 24.9. The predicted octanol–water partition coefficient (Wildman–Crippen LogP) is 8.48. The molecule has 5 heterocycles. The Morgan fingerprint density at radius 3 is 2.24 bits per heavy atom. The van der Waals surface area contributed by atoms with E-state index < -0.39 is 0 Å². The van der Waals surface area contributed by atoms with Crippen LogP contribution < -0.4 is 15.8 Å². The first kappa shape index (κ1) is 30.9. The van der Waals surface area contributed by atoms with Crippen LogP contribution in [0.15, 0.2) is 138 Å². The van der Waals surface area contributed by atoms with Crippen LogP contribution in [0.4, 0.5) is 5.69 Å². The summed E-state index contributed by atoms with van der Waals surface area (Å²) in [6, 6.07) is 34.9. The molecule has 7 nitrogen and oxygen atoms in total. The number of benzene rings is 4. The number of aromatic nitrogens is 3. The number of allylic oxidation sites excluding steroid dienone is 2. The second kappa shape index (κ2) is 12.0. The van der Waals surface area contributed by atoms with Crippen molar-refractivity contribution < 1.29 is 9.84 Å². The third kappa shape index (κ3) is 5.01. The van der Waals surface area contributed by atoms with Gasteiger partial charge in [-0.3, -0.25) is 9.55 Å². The molecule has 0 radical (unpaired) electrons. The van der Waals surface area contributed by atoms with Crippen LogP contribution in [0.3, 0.4) is 0 Å². The zero-order valence-corrected chi connectivity index (χ0v) is 28.9. The zero-order chi connectivity index (χ0) is 34.8. The van der Waals surface area contributed by atoms with Gasteiger partial charge in [0.2, 0.25) is 5.88 Å². The molecule has 6 aromatic rings. The molecule has 0 bridgehead atoms. The molecule has 3 aliphatic heterocycles. The Labute approximate surface area is 298 Å². The van der Waals surface area contributed by atoms with Gasteiger partial charge in [0, 0.05) is 6.20 Å². The van der Waals surface area contributed by atoms with Crippen molar-refractivity contribution in [1.82, 2.24) is 19.3 Å². The van der Waals surface area contributed by atoms with Crippen molar-refractivity contribution in [3.63, 3.8) is 0 Å². The molecule has 1 N–H and O–H groups in total. The van der Waals surface area contributed by atoms with E-state index in [0.29, 0.717) is 23.2 Å². The predicted molar refractivity (Wildman–Crippen MR) is 206 cm³/mol. The summed E-state index contributed by atoms with van der Waals surface area (Å²) >= 11 is 0. The van der Waals surface area contributed by atoms with Crippen molar-refractivity contribution in [3.05, 3.63) is 145 Å². The van der Waals surface area contributed by atoms with Gasteiger partial charge in [-0.1, -0.05) is 94.4 Å². The van der Waals surface area contributed by atoms with Crippen molar-refractivity contribution >= 4 is 29.4 Å². The number of phenols is 1. The normalized spacial score (nSPS) is 14.2. The van der Waals surface area contributed by atoms with Crippen molar-refractivity contribution in [2.45, 2.75) is 39.5 Å². The minimum Gasteiger partial charge on any atom is -0.507 e. The minimum absolute atomic E-state index is 0.154. The number of hydrogen-bond acceptors (Lipinski definition) is 6. The molecule has 0 atom stereocenters. The quantitative estimate of drug-likeness (QED) is 0.181. The van der Waals surface area contributed by atoms with E-state index in [-0.39, 0.29) is 24.4 Å². The van der Waals surface area contributed by atoms with Crippen LogP contribution in [-0.4, -0.2) is 37.1 Å². The molecule has 0 aliphatic carbocycles. The minimum atomic E-state index is -0.337. The van der Waals surface area contributed by atoms with Crippen molar-refractivity contribution in [2.24, 2.45) is 4.99 Å². The number of hydrogen-bond donors (Lipinski definition) is 1. The monoisotopic (exact) mass is 665 g/mol. The number of aromatic hydroxyl groups is 1. The van der Waals surface area contributed by atoms with Crippen LogP contribution in [-0.2, 0) is 0 Å². The van der Waals surface area contributed by atoms with Crippen LogP contribution >= 0.6 is 0 Å². The maximum atomic E-state index is 11.4. The molecule has 0 saturated carbocycles. The lowest BCUT2D eigenvalue weighted by molar-refractivity contribution is 0.328. The summed E-state index contributed by atoms with van der Waals surface area (Å²) in [6.07, 6.45) is 7.80. The summed E-state index contributed by atoms with van der Waals surface area (Å²) in [5.74, 6) is 3.20. The fraction of sp³-hybridized carbons (Fsp3) is 0.140. The molecule has 0 saturated heterocycles. The largest absolute Gasteiger partial charge is 0.507 e. The molecule has 0 amide bonds. The average Bonchev–Trinajstić information content (AvgIpc) is 3.53. The molecule has 9 rings (SSSR count). The first-order valence-corrected chi connectivity index (χ1v) is 17.5. The van der Waals surface area contributed by atoms with E-state index in [1.165, 1.54) is 22.3 Å². The highest BCUT2D eigenvalue weighted by atomic mass is 16.5. The first-order valence-electron chi connectivity index (χ1n) is 17.5. The lowest BCUT2D eigenvalue weighted by atomic mass is 9.49. The molecule has 0 fully saturated rings. The van der Waals surface area contributed by atoms with Crippen molar-refractivity contribution in [1.29, 1.82) is 0 Å². The lowest BCUT2D eigenvalue weighted by Gasteiger charge is -2.40. The Morgan fingerprint density at radius 2 is 1.51 bits per heavy atom. The number of ether oxygens (including phenoxy) is 1. The number of aliphatic imine (C=N–C) groups is 1. The third-order valence-electron chi connectivity index (χ3n) is 9.95. The second-order valence-electron chi connectivity index (χ2n) is 13.9. The summed E-state index contributed by atoms with van der Waals surface area (Å²) in [6.45, 7) is 8.60. The maximum absolute atomic E-state index is 11.4. The van der Waals surface area contributed by atoms with Gasteiger partial charge in [0.05, 0.1) is 22.6 Å². The van der Waals surface area contributed by atoms with Crippen LogP contribution in [0, 0.1) is 0 Å². The second-order valence-corrected chi connectivity index (χ2v) is 13.9. The highest BCUT2D eigenvalue weighted by Crippen LogP contribution is 2.43. The topological polar surface area (TPSA) is 75.8 Å². The van der Waals surface area contributed by atoms with Crippen LogP contribution in [0.5, 0.6) is 11.6 Å². The smallest absolute Gasteiger partial charge is 0.361 e. The van der Waals surface area contributed by atoms with E-state index >= 15 is 0 Å². The number of phenolic OH excluding ortho intramolecular Hbond substituents is 1. The molecule has 0 spiro atoms. The highest BCUT2D eigenvalue weighted by Gasteiger charge is 2.48. The number of fused-ring (bicyclic) bond motifs is 4. The number of imidazole rings is 1. The van der Waals surface area contributed by atoms with Gasteiger partial charge in [-0.25, -0.2) is 9.98 Å². The molecule has 8 heteroatoms. The van der Waals surface area contributed by atoms with Gasteiger partial charge >= 0.3 is 6.85 Å². The van der Waals surface area contributed by atoms with Gasteiger partial charge < -0.3 is 14.7 Å². The van der Waals surface area contributed by atoms with Crippen LogP contribution in [0.2, 0.25) is 0 Å². The number of nitrogens with zero attached hydrogens (tertiary/aromatic N) is 5. The number of pyridine rings is 1. The molecule has 4 aromatic carbocycles. The van der Waals surface area contributed by atoms with E-state index in [1.54, 1.807) is 6.07 Å². The SMILES string of the molecule is CC(C)c1cc(-c2ccccc2)cc(C(C)C)c1-n1c(-c2ccccc2O)nc2c1OC1=CC=CC3=Nc4ccc(-c5ccccn5)cc4B2N13. The Kier molecular flexibility index (Phi) is 7.28. The number of rotatable bonds is 6. The van der Waals surface area contributed by atoms with E-state index in [0.717, 1.165) is 39.5 Å². The van der Waals surface area contributed by atoms with E-state index in [9.17, 15) is 5.11 Å². The standard InChI is InChI=1S/C43H36BN5O2/c1-26(2)32-23-30(28-13-6-5-7-14-28)24-33(27(3)4)40(32)48-42(31-15-8-9-17-37(31)50)47-41-43(48)51-39-19-12-18-38-46-36-21-20-29(35-16-10-11-22-45-35)25-34(36)44(41)49(38)39/h5-27,50H,1-4H3. The summed E-state index contributed by atoms with van der Waals surface area (Å²) in [7, 11) is 0. The van der Waals surface area contributed by atoms with Gasteiger partial charge in [-0.05, 0) is 99.7 Å². The third-order valence-corrected chi connectivity index (χ3v) is 9.95. The molecule has 0 unspecified atom stereocenters. The summed E-state index contributed by atoms with van der Waals surface area (Å²) in [5.41, 5.74) is 10.9. The van der Waals surface area contributed by atoms with Gasteiger partial charge in [-0.15, -0.1) is 0 Å². The highest BCUT2D eigenvalue weighted by molar-refractivity contribution is 6.87. The summed E-state index contributed by atoms with van der Waals surface area (Å²) in [5, 5.41) is 11.4. The molecular formula is C43H36BN5O2. The number of amidine groups is 1. The Bertz CT molecular complexity index is 2400. The average molecular weight is 666 g/mol. The van der Waals surface area contributed by atoms with Crippen molar-refractivity contribution in [2.75, 3.05) is 0 Å². The van der Waals surface area contributed by atoms with Crippen LogP contribution in [0.1, 0.15) is 50.7 Å². The van der Waals surface area contributed by atoms with E-state index in [4.69, 9.17) is 14.7 Å². The molecule has 3 aliphatic rings. The van der Waals surface area contributed by atoms with Gasteiger partial charge in [0.25, 0.3) is 0 Å². The van der Waals surface area contributed by atoms with E-state index in [1.807, 2.05) is 60.8 Å². The molecular weight excluding hydrogens is 629 g/mol. The van der Waals surface area contributed by atoms with Gasteiger partial charge in [-0.2, -0.15) is 0 Å². The Hall–Kier alpha value is -6.15. The molecule has 248 valence electrons. The van der Waals surface area contributed by atoms with E-state index in [2.05, 4.69) is 103 Å². The lowest BCUT2D eigenvalue weighted by Crippen LogP contribution is -2.63. The zero-order valence-electron chi connectivity index (χ0n) is 28.9. The number of para-hydroxylation sites is 1. The molecule has 51 heavy (non-hydrogen) atoms. The van der Waals surface area contributed by atoms with Crippen molar-refractivity contribution in [3.8, 4) is 51.1 Å². The fourth-order valence-electron chi connectivity index (χ4n) is 7.49.